The van der Waals surface area contributed by atoms with Crippen molar-refractivity contribution in [1.82, 2.24) is 4.90 Å². The normalized spacial score (nSPS) is 17.7. The van der Waals surface area contributed by atoms with Crippen LogP contribution in [-0.4, -0.2) is 17.4 Å². The zero-order valence-electron chi connectivity index (χ0n) is 16.2. The van der Waals surface area contributed by atoms with Gasteiger partial charge in [0.25, 0.3) is 5.91 Å². The number of carbonyl (C=O) groups excluding carboxylic acids is 1. The number of benzene rings is 2. The van der Waals surface area contributed by atoms with Gasteiger partial charge in [-0.25, -0.2) is 0 Å². The Balaban J connectivity index is 1.42. The van der Waals surface area contributed by atoms with E-state index >= 15 is 0 Å². The maximum Gasteiger partial charge on any atom is 0.254 e. The van der Waals surface area contributed by atoms with Crippen LogP contribution in [0.1, 0.15) is 24.0 Å². The zero-order chi connectivity index (χ0) is 20.2. The summed E-state index contributed by atoms with van der Waals surface area (Å²) < 4.78 is 0. The third-order valence-corrected chi connectivity index (χ3v) is 5.36. The van der Waals surface area contributed by atoms with Gasteiger partial charge in [0.2, 0.25) is 0 Å². The van der Waals surface area contributed by atoms with Gasteiger partial charge >= 0.3 is 0 Å². The fourth-order valence-corrected chi connectivity index (χ4v) is 3.84. The molecule has 4 heteroatoms. The number of nitroso groups, excluding NO2 is 1. The highest BCUT2D eigenvalue weighted by molar-refractivity contribution is 5.98. The first-order valence-corrected chi connectivity index (χ1v) is 9.72. The third-order valence-electron chi connectivity index (χ3n) is 5.36. The standard InChI is InChI=1S/C25H22N2O2/c1-18-15-22(25(28)27(18)14-13-19-7-3-2-4-8-19)17-20-11-12-21(16-20)23-9-5-6-10-24(23)26-29/h2-12,17H,1,13-16H2/b22-17+. The molecule has 1 fully saturated rings. The smallest absolute Gasteiger partial charge is 0.254 e. The number of amides is 1. The molecule has 0 atom stereocenters. The van der Waals surface area contributed by atoms with Crippen molar-refractivity contribution in [3.8, 4) is 0 Å². The lowest BCUT2D eigenvalue weighted by Crippen LogP contribution is -2.26. The molecule has 0 saturated carbocycles. The Morgan fingerprint density at radius 2 is 1.76 bits per heavy atom. The summed E-state index contributed by atoms with van der Waals surface area (Å²) in [5.74, 6) is 0.0373. The highest BCUT2D eigenvalue weighted by Gasteiger charge is 2.29. The highest BCUT2D eigenvalue weighted by Crippen LogP contribution is 2.36. The Labute approximate surface area is 170 Å². The van der Waals surface area contributed by atoms with E-state index in [1.165, 1.54) is 5.56 Å². The summed E-state index contributed by atoms with van der Waals surface area (Å²) in [6.07, 6.45) is 8.04. The molecule has 1 heterocycles. The zero-order valence-corrected chi connectivity index (χ0v) is 16.2. The number of rotatable bonds is 6. The van der Waals surface area contributed by atoms with Gasteiger partial charge in [-0.15, -0.1) is 4.91 Å². The van der Waals surface area contributed by atoms with Crippen molar-refractivity contribution in [3.63, 3.8) is 0 Å². The van der Waals surface area contributed by atoms with Crippen LogP contribution in [0, 0.1) is 4.91 Å². The number of carbonyl (C=O) groups is 1. The number of nitrogens with zero attached hydrogens (tertiary/aromatic N) is 2. The van der Waals surface area contributed by atoms with Gasteiger partial charge in [-0.05, 0) is 46.9 Å². The van der Waals surface area contributed by atoms with Gasteiger partial charge in [-0.1, -0.05) is 67.3 Å². The Bertz CT molecular complexity index is 1060. The molecule has 2 aliphatic rings. The molecule has 2 aromatic rings. The van der Waals surface area contributed by atoms with Crippen LogP contribution in [0.4, 0.5) is 5.69 Å². The van der Waals surface area contributed by atoms with Crippen LogP contribution in [0.15, 0.2) is 101 Å². The summed E-state index contributed by atoms with van der Waals surface area (Å²) in [5.41, 5.74) is 6.21. The molecule has 4 rings (SSSR count). The van der Waals surface area contributed by atoms with Crippen molar-refractivity contribution < 1.29 is 4.79 Å². The SMILES string of the molecule is C=C1C/C(=C\C2=CC=C(c3ccccc3N=O)C2)C(=O)N1CCc1ccccc1. The molecule has 1 amide bonds. The second-order valence-corrected chi connectivity index (χ2v) is 7.32. The van der Waals surface area contributed by atoms with Crippen molar-refractivity contribution in [1.29, 1.82) is 0 Å². The lowest BCUT2D eigenvalue weighted by molar-refractivity contribution is -0.123. The Morgan fingerprint density at radius 1 is 1.00 bits per heavy atom. The molecule has 0 aromatic heterocycles. The minimum atomic E-state index is 0.0373. The number of likely N-dealkylation sites (tertiary alicyclic amines) is 1. The maximum absolute atomic E-state index is 12.9. The van der Waals surface area contributed by atoms with Gasteiger partial charge < -0.3 is 4.90 Å². The van der Waals surface area contributed by atoms with Crippen LogP contribution < -0.4 is 0 Å². The maximum atomic E-state index is 12.9. The largest absolute Gasteiger partial charge is 0.312 e. The lowest BCUT2D eigenvalue weighted by atomic mass is 10.00. The summed E-state index contributed by atoms with van der Waals surface area (Å²) in [4.78, 5) is 25.7. The van der Waals surface area contributed by atoms with E-state index in [1.807, 2.05) is 48.6 Å². The first-order chi connectivity index (χ1) is 14.2. The first-order valence-electron chi connectivity index (χ1n) is 9.72. The molecule has 0 radical (unpaired) electrons. The van der Waals surface area contributed by atoms with Gasteiger partial charge in [-0.2, -0.15) is 0 Å². The predicted molar refractivity (Wildman–Crippen MR) is 116 cm³/mol. The molecule has 1 saturated heterocycles. The van der Waals surface area contributed by atoms with E-state index in [1.54, 1.807) is 17.0 Å². The van der Waals surface area contributed by atoms with Gasteiger partial charge in [0.1, 0.15) is 5.69 Å². The molecule has 2 aromatic carbocycles. The summed E-state index contributed by atoms with van der Waals surface area (Å²) in [7, 11) is 0. The fraction of sp³-hybridized carbons (Fsp3) is 0.160. The van der Waals surface area contributed by atoms with E-state index in [0.29, 0.717) is 25.1 Å². The van der Waals surface area contributed by atoms with Crippen molar-refractivity contribution in [3.05, 3.63) is 112 Å². The molecule has 4 nitrogen and oxygen atoms in total. The van der Waals surface area contributed by atoms with Crippen LogP contribution in [0.5, 0.6) is 0 Å². The van der Waals surface area contributed by atoms with Crippen LogP contribution in [-0.2, 0) is 11.2 Å². The lowest BCUT2D eigenvalue weighted by Gasteiger charge is -2.16. The average Bonchev–Trinajstić information content (AvgIpc) is 3.32. The Morgan fingerprint density at radius 3 is 2.55 bits per heavy atom. The molecule has 0 bridgehead atoms. The first kappa shape index (κ1) is 18.8. The number of allylic oxidation sites excluding steroid dienone is 6. The van der Waals surface area contributed by atoms with Crippen molar-refractivity contribution >= 4 is 17.2 Å². The average molecular weight is 382 g/mol. The van der Waals surface area contributed by atoms with Crippen molar-refractivity contribution in [2.24, 2.45) is 5.18 Å². The number of hydrogen-bond acceptors (Lipinski definition) is 3. The van der Waals surface area contributed by atoms with Gasteiger partial charge in [-0.3, -0.25) is 4.79 Å². The Hall–Kier alpha value is -3.53. The van der Waals surface area contributed by atoms with E-state index in [0.717, 1.165) is 34.4 Å². The monoisotopic (exact) mass is 382 g/mol. The summed E-state index contributed by atoms with van der Waals surface area (Å²) in [6, 6.07) is 17.5. The van der Waals surface area contributed by atoms with E-state index in [-0.39, 0.29) is 5.91 Å². The minimum absolute atomic E-state index is 0.0373. The molecule has 144 valence electrons. The quantitative estimate of drug-likeness (QED) is 0.474. The van der Waals surface area contributed by atoms with E-state index in [2.05, 4.69) is 23.9 Å². The summed E-state index contributed by atoms with van der Waals surface area (Å²) in [6.45, 7) is 4.73. The molecular weight excluding hydrogens is 360 g/mol. The van der Waals surface area contributed by atoms with Crippen molar-refractivity contribution in [2.45, 2.75) is 19.3 Å². The van der Waals surface area contributed by atoms with Crippen molar-refractivity contribution in [2.75, 3.05) is 6.54 Å². The fourth-order valence-electron chi connectivity index (χ4n) is 3.84. The molecule has 29 heavy (non-hydrogen) atoms. The van der Waals surface area contributed by atoms with Gasteiger partial charge in [0.05, 0.1) is 0 Å². The van der Waals surface area contributed by atoms with E-state index < -0.39 is 0 Å². The molecular formula is C25H22N2O2. The second kappa shape index (κ2) is 8.23. The highest BCUT2D eigenvalue weighted by atomic mass is 16.3. The van der Waals surface area contributed by atoms with Crippen LogP contribution in [0.2, 0.25) is 0 Å². The van der Waals surface area contributed by atoms with Gasteiger partial charge in [0, 0.05) is 29.8 Å². The predicted octanol–water partition coefficient (Wildman–Crippen LogP) is 5.71. The van der Waals surface area contributed by atoms with Crippen LogP contribution in [0.3, 0.4) is 0 Å². The molecule has 1 aliphatic heterocycles. The Kier molecular flexibility index (Phi) is 5.34. The molecule has 0 spiro atoms. The number of hydrogen-bond donors (Lipinski definition) is 0. The van der Waals surface area contributed by atoms with E-state index in [9.17, 15) is 9.70 Å². The summed E-state index contributed by atoms with van der Waals surface area (Å²) >= 11 is 0. The van der Waals surface area contributed by atoms with Gasteiger partial charge in [0.15, 0.2) is 0 Å². The molecule has 1 aliphatic carbocycles. The third kappa shape index (κ3) is 4.02. The summed E-state index contributed by atoms with van der Waals surface area (Å²) in [5, 5.41) is 3.12. The van der Waals surface area contributed by atoms with E-state index in [4.69, 9.17) is 0 Å². The topological polar surface area (TPSA) is 49.7 Å². The molecule has 0 N–H and O–H groups in total. The van der Waals surface area contributed by atoms with Crippen LogP contribution in [0.25, 0.3) is 5.57 Å². The molecule has 0 unspecified atom stereocenters. The second-order valence-electron chi connectivity index (χ2n) is 7.32. The minimum Gasteiger partial charge on any atom is -0.312 e. The van der Waals surface area contributed by atoms with Crippen LogP contribution >= 0.6 is 0 Å².